The molecule has 0 radical (unpaired) electrons. The summed E-state index contributed by atoms with van der Waals surface area (Å²) in [6, 6.07) is 10.2. The summed E-state index contributed by atoms with van der Waals surface area (Å²) in [6.07, 6.45) is 1.89. The van der Waals surface area contributed by atoms with Gasteiger partial charge in [-0.1, -0.05) is 37.3 Å². The molecule has 1 heterocycles. The van der Waals surface area contributed by atoms with E-state index in [0.29, 0.717) is 6.54 Å². The zero-order chi connectivity index (χ0) is 18.1. The molecular formula is C19H31IN6. The first-order chi connectivity index (χ1) is 12.1. The van der Waals surface area contributed by atoms with Gasteiger partial charge in [0.15, 0.2) is 5.96 Å². The number of aliphatic imine (C=N–C) groups is 1. The minimum Gasteiger partial charge on any atom is -0.357 e. The third kappa shape index (κ3) is 6.95. The molecule has 2 N–H and O–H groups in total. The van der Waals surface area contributed by atoms with Crippen LogP contribution in [0.5, 0.6) is 0 Å². The van der Waals surface area contributed by atoms with Gasteiger partial charge in [-0.05, 0) is 26.1 Å². The average molecular weight is 470 g/mol. The van der Waals surface area contributed by atoms with Crippen molar-refractivity contribution in [2.45, 2.75) is 20.4 Å². The highest BCUT2D eigenvalue weighted by atomic mass is 127. The minimum atomic E-state index is 0. The Labute approximate surface area is 174 Å². The number of guanidine groups is 1. The fraction of sp³-hybridized carbons (Fsp3) is 0.474. The summed E-state index contributed by atoms with van der Waals surface area (Å²) in [6.45, 7) is 8.55. The highest BCUT2D eigenvalue weighted by molar-refractivity contribution is 14.0. The fourth-order valence-corrected chi connectivity index (χ4v) is 2.46. The van der Waals surface area contributed by atoms with E-state index in [-0.39, 0.29) is 24.0 Å². The van der Waals surface area contributed by atoms with Crippen LogP contribution in [0, 0.1) is 0 Å². The highest BCUT2D eigenvalue weighted by Gasteiger charge is 2.10. The number of H-pyrrole nitrogens is 1. The molecule has 0 atom stereocenters. The van der Waals surface area contributed by atoms with Crippen molar-refractivity contribution >= 4 is 29.9 Å². The summed E-state index contributed by atoms with van der Waals surface area (Å²) in [5.41, 5.74) is 2.18. The molecule has 0 unspecified atom stereocenters. The van der Waals surface area contributed by atoms with Crippen LogP contribution in [0.15, 0.2) is 41.5 Å². The third-order valence-electron chi connectivity index (χ3n) is 4.08. The van der Waals surface area contributed by atoms with E-state index < -0.39 is 0 Å². The Morgan fingerprint density at radius 2 is 1.92 bits per heavy atom. The molecule has 0 saturated carbocycles. The first-order valence-electron chi connectivity index (χ1n) is 8.91. The van der Waals surface area contributed by atoms with Crippen molar-refractivity contribution in [3.05, 3.63) is 42.4 Å². The molecule has 0 aliphatic rings. The van der Waals surface area contributed by atoms with Crippen LogP contribution in [0.3, 0.4) is 0 Å². The largest absolute Gasteiger partial charge is 0.357 e. The highest BCUT2D eigenvalue weighted by Crippen LogP contribution is 2.16. The van der Waals surface area contributed by atoms with Gasteiger partial charge >= 0.3 is 0 Å². The molecule has 7 heteroatoms. The van der Waals surface area contributed by atoms with Gasteiger partial charge in [0, 0.05) is 20.1 Å². The monoisotopic (exact) mass is 470 g/mol. The van der Waals surface area contributed by atoms with Crippen molar-refractivity contribution in [1.29, 1.82) is 0 Å². The summed E-state index contributed by atoms with van der Waals surface area (Å²) in [4.78, 5) is 17.0. The summed E-state index contributed by atoms with van der Waals surface area (Å²) in [5, 5.41) is 3.35. The second-order valence-corrected chi connectivity index (χ2v) is 6.10. The maximum Gasteiger partial charge on any atom is 0.194 e. The quantitative estimate of drug-likeness (QED) is 0.354. The van der Waals surface area contributed by atoms with Crippen LogP contribution in [0.4, 0.5) is 0 Å². The van der Waals surface area contributed by atoms with Crippen LogP contribution in [0.1, 0.15) is 19.7 Å². The molecular weight excluding hydrogens is 439 g/mol. The van der Waals surface area contributed by atoms with Gasteiger partial charge in [-0.25, -0.2) is 4.98 Å². The Bertz CT molecular complexity index is 655. The Morgan fingerprint density at radius 3 is 2.58 bits per heavy atom. The fourth-order valence-electron chi connectivity index (χ4n) is 2.46. The Kier molecular flexibility index (Phi) is 10.3. The molecule has 0 amide bonds. The van der Waals surface area contributed by atoms with E-state index in [2.05, 4.69) is 58.1 Å². The third-order valence-corrected chi connectivity index (χ3v) is 4.08. The number of aromatic nitrogens is 2. The number of aromatic amines is 1. The first kappa shape index (κ1) is 22.4. The maximum atomic E-state index is 4.71. The van der Waals surface area contributed by atoms with E-state index in [1.54, 1.807) is 0 Å². The molecule has 0 fully saturated rings. The van der Waals surface area contributed by atoms with Gasteiger partial charge in [0.05, 0.1) is 25.0 Å². The molecule has 0 aliphatic carbocycles. The molecule has 0 spiro atoms. The van der Waals surface area contributed by atoms with E-state index in [1.165, 1.54) is 0 Å². The number of imidazole rings is 1. The van der Waals surface area contributed by atoms with Crippen LogP contribution in [0.25, 0.3) is 11.3 Å². The van der Waals surface area contributed by atoms with Crippen LogP contribution in [0.2, 0.25) is 0 Å². The van der Waals surface area contributed by atoms with Gasteiger partial charge in [0.25, 0.3) is 0 Å². The van der Waals surface area contributed by atoms with Crippen LogP contribution >= 0.6 is 24.0 Å². The van der Waals surface area contributed by atoms with E-state index in [4.69, 9.17) is 4.99 Å². The first-order valence-corrected chi connectivity index (χ1v) is 8.91. The van der Waals surface area contributed by atoms with Gasteiger partial charge in [0.2, 0.25) is 0 Å². The van der Waals surface area contributed by atoms with E-state index in [9.17, 15) is 0 Å². The number of hydrogen-bond donors (Lipinski definition) is 2. The zero-order valence-electron chi connectivity index (χ0n) is 16.2. The lowest BCUT2D eigenvalue weighted by Gasteiger charge is -2.21. The Balaban J connectivity index is 0.00000338. The number of halogens is 1. The summed E-state index contributed by atoms with van der Waals surface area (Å²) >= 11 is 0. The minimum absolute atomic E-state index is 0. The molecule has 2 aromatic rings. The second-order valence-electron chi connectivity index (χ2n) is 6.10. The van der Waals surface area contributed by atoms with E-state index >= 15 is 0 Å². The van der Waals surface area contributed by atoms with Crippen LogP contribution < -0.4 is 5.32 Å². The summed E-state index contributed by atoms with van der Waals surface area (Å²) < 4.78 is 0. The van der Waals surface area contributed by atoms with Crippen LogP contribution in [-0.2, 0) is 6.54 Å². The molecule has 0 saturated heterocycles. The maximum absolute atomic E-state index is 4.71. The van der Waals surface area contributed by atoms with E-state index in [1.807, 2.05) is 31.4 Å². The molecule has 26 heavy (non-hydrogen) atoms. The number of hydrogen-bond acceptors (Lipinski definition) is 3. The Morgan fingerprint density at radius 1 is 1.19 bits per heavy atom. The van der Waals surface area contributed by atoms with Gasteiger partial charge in [-0.15, -0.1) is 24.0 Å². The summed E-state index contributed by atoms with van der Waals surface area (Å²) in [7, 11) is 4.15. The predicted octanol–water partition coefficient (Wildman–Crippen LogP) is 3.04. The average Bonchev–Trinajstić information content (AvgIpc) is 3.10. The lowest BCUT2D eigenvalue weighted by molar-refractivity contribution is 0.361. The van der Waals surface area contributed by atoms with Crippen molar-refractivity contribution in [3.8, 4) is 11.3 Å². The lowest BCUT2D eigenvalue weighted by Crippen LogP contribution is -2.39. The molecule has 0 bridgehead atoms. The molecule has 1 aromatic heterocycles. The predicted molar refractivity (Wildman–Crippen MR) is 120 cm³/mol. The topological polar surface area (TPSA) is 59.6 Å². The lowest BCUT2D eigenvalue weighted by atomic mass is 10.2. The molecule has 1 aromatic carbocycles. The van der Waals surface area contributed by atoms with Crippen molar-refractivity contribution in [2.75, 3.05) is 40.3 Å². The van der Waals surface area contributed by atoms with Gasteiger partial charge in [0.1, 0.15) is 5.82 Å². The number of nitrogens with one attached hydrogen (secondary N) is 2. The number of benzene rings is 1. The smallest absolute Gasteiger partial charge is 0.194 e. The van der Waals surface area contributed by atoms with Gasteiger partial charge in [-0.3, -0.25) is 4.99 Å². The zero-order valence-corrected chi connectivity index (χ0v) is 18.5. The SMILES string of the molecule is CCNC(=NCCN(C)CC)N(C)Cc1ncc(-c2ccccc2)[nH]1.I. The van der Waals surface area contributed by atoms with Crippen molar-refractivity contribution in [3.63, 3.8) is 0 Å². The van der Waals surface area contributed by atoms with E-state index in [0.717, 1.165) is 49.2 Å². The molecule has 144 valence electrons. The Hall–Kier alpha value is -1.61. The number of likely N-dealkylation sites (N-methyl/N-ethyl adjacent to an activating group) is 1. The molecule has 0 aliphatic heterocycles. The second kappa shape index (κ2) is 11.9. The standard InChI is InChI=1S/C19H30N6.HI/c1-5-20-19(21-12-13-24(3)6-2)25(4)15-18-22-14-17(23-18)16-10-8-7-9-11-16;/h7-11,14H,5-6,12-13,15H2,1-4H3,(H,20,21)(H,22,23);1H. The molecule has 6 nitrogen and oxygen atoms in total. The van der Waals surface area contributed by atoms with Crippen molar-refractivity contribution in [1.82, 2.24) is 25.1 Å². The van der Waals surface area contributed by atoms with Gasteiger partial charge in [-0.2, -0.15) is 0 Å². The van der Waals surface area contributed by atoms with Crippen molar-refractivity contribution in [2.24, 2.45) is 4.99 Å². The normalized spacial score (nSPS) is 11.3. The number of nitrogens with zero attached hydrogens (tertiary/aromatic N) is 4. The molecule has 2 rings (SSSR count). The summed E-state index contributed by atoms with van der Waals surface area (Å²) in [5.74, 6) is 1.84. The van der Waals surface area contributed by atoms with Crippen LogP contribution in [-0.4, -0.2) is 66.0 Å². The van der Waals surface area contributed by atoms with Crippen molar-refractivity contribution < 1.29 is 0 Å². The number of rotatable bonds is 8. The van der Waals surface area contributed by atoms with Gasteiger partial charge < -0.3 is 20.1 Å².